The van der Waals surface area contributed by atoms with Crippen LogP contribution >= 0.6 is 0 Å². The first-order valence-electron chi connectivity index (χ1n) is 12.7. The lowest BCUT2D eigenvalue weighted by Crippen LogP contribution is -2.46. The van der Waals surface area contributed by atoms with Crippen LogP contribution in [0.2, 0.25) is 0 Å². The van der Waals surface area contributed by atoms with Gasteiger partial charge in [0.15, 0.2) is 5.89 Å². The fourth-order valence-corrected chi connectivity index (χ4v) is 4.99. The Hall–Kier alpha value is -2.50. The number of nitrogens with zero attached hydrogens (tertiary/aromatic N) is 1. The summed E-state index contributed by atoms with van der Waals surface area (Å²) in [5, 5.41) is 24.7. The molecule has 7 atom stereocenters. The van der Waals surface area contributed by atoms with Crippen LogP contribution in [0, 0.1) is 24.2 Å². The predicted molar refractivity (Wildman–Crippen MR) is 133 cm³/mol. The summed E-state index contributed by atoms with van der Waals surface area (Å²) < 4.78 is 52.5. The molecule has 11 heteroatoms. The number of aryl methyl sites for hydroxylation is 1. The number of hydrogen-bond donors (Lipinski definition) is 3. The van der Waals surface area contributed by atoms with Crippen LogP contribution in [0.25, 0.3) is 6.08 Å². The fraction of sp³-hybridized carbons (Fsp3) is 0.667. The highest BCUT2D eigenvalue weighted by Crippen LogP contribution is 2.38. The molecule has 2 aliphatic heterocycles. The molecule has 0 amide bonds. The zero-order valence-electron chi connectivity index (χ0n) is 22.5. The van der Waals surface area contributed by atoms with Gasteiger partial charge in [0.2, 0.25) is 0 Å². The van der Waals surface area contributed by atoms with Gasteiger partial charge in [-0.15, -0.1) is 0 Å². The van der Waals surface area contributed by atoms with Crippen LogP contribution in [-0.2, 0) is 14.3 Å². The molecule has 1 saturated heterocycles. The number of alkyl halides is 3. The Morgan fingerprint density at radius 1 is 1.21 bits per heavy atom. The van der Waals surface area contributed by atoms with E-state index >= 15 is 0 Å². The van der Waals surface area contributed by atoms with Crippen molar-refractivity contribution in [3.8, 4) is 0 Å². The van der Waals surface area contributed by atoms with Crippen molar-refractivity contribution in [1.29, 1.82) is 0 Å². The zero-order valence-corrected chi connectivity index (χ0v) is 22.5. The molecule has 0 aliphatic carbocycles. The van der Waals surface area contributed by atoms with E-state index in [1.165, 1.54) is 27.0 Å². The molecule has 0 spiro atoms. The maximum atomic E-state index is 13.9. The number of aliphatic hydroxyl groups is 2. The maximum Gasteiger partial charge on any atom is 0.412 e. The largest absolute Gasteiger partial charge is 0.457 e. The number of carbonyl (C=O) groups excluding carboxylic acids is 2. The van der Waals surface area contributed by atoms with Gasteiger partial charge in [0.1, 0.15) is 23.8 Å². The highest BCUT2D eigenvalue weighted by atomic mass is 19.4. The molecule has 2 aliphatic rings. The summed E-state index contributed by atoms with van der Waals surface area (Å²) >= 11 is 0. The average molecular weight is 543 g/mol. The normalized spacial score (nSPS) is 35.2. The van der Waals surface area contributed by atoms with Gasteiger partial charge in [0.25, 0.3) is 0 Å². The Balaban J connectivity index is 1.98. The topological polar surface area (TPSA) is 132 Å². The molecule has 0 bridgehead atoms. The van der Waals surface area contributed by atoms with E-state index in [1.54, 1.807) is 26.8 Å². The molecule has 0 saturated carbocycles. The van der Waals surface area contributed by atoms with E-state index in [1.807, 2.05) is 0 Å². The summed E-state index contributed by atoms with van der Waals surface area (Å²) in [6.45, 7) is 9.44. The number of esters is 1. The fourth-order valence-electron chi connectivity index (χ4n) is 4.99. The Kier molecular flexibility index (Phi) is 8.95. The number of rotatable bonds is 2. The second-order valence-corrected chi connectivity index (χ2v) is 11.1. The smallest absolute Gasteiger partial charge is 0.412 e. The number of hydrogen-bond acceptors (Lipinski definition) is 8. The Labute approximate surface area is 220 Å². The Morgan fingerprint density at radius 3 is 2.45 bits per heavy atom. The monoisotopic (exact) mass is 542 g/mol. The van der Waals surface area contributed by atoms with Crippen LogP contribution in [-0.4, -0.2) is 63.5 Å². The molecule has 2 unspecified atom stereocenters. The molecule has 8 nitrogen and oxygen atoms in total. The third-order valence-electron chi connectivity index (χ3n) is 7.77. The van der Waals surface area contributed by atoms with Gasteiger partial charge in [-0.1, -0.05) is 33.8 Å². The summed E-state index contributed by atoms with van der Waals surface area (Å²) in [7, 11) is 0. The van der Waals surface area contributed by atoms with Gasteiger partial charge in [0.05, 0.1) is 24.0 Å². The summed E-state index contributed by atoms with van der Waals surface area (Å²) in [4.78, 5) is 30.2. The number of halogens is 3. The molecule has 3 rings (SSSR count). The third kappa shape index (κ3) is 6.92. The molecule has 0 aromatic carbocycles. The molecule has 1 aromatic heterocycles. The van der Waals surface area contributed by atoms with Gasteiger partial charge in [-0.05, 0) is 30.9 Å². The van der Waals surface area contributed by atoms with E-state index in [9.17, 15) is 33.0 Å². The van der Waals surface area contributed by atoms with Crippen molar-refractivity contribution >= 4 is 17.8 Å². The Morgan fingerprint density at radius 2 is 1.87 bits per heavy atom. The van der Waals surface area contributed by atoms with Gasteiger partial charge in [-0.25, -0.2) is 4.98 Å². The quantitative estimate of drug-likeness (QED) is 0.291. The summed E-state index contributed by atoms with van der Waals surface area (Å²) in [5.74, 6) is -2.35. The zero-order chi connectivity index (χ0) is 28.6. The minimum absolute atomic E-state index is 0.259. The van der Waals surface area contributed by atoms with E-state index in [0.29, 0.717) is 17.2 Å². The number of aromatic nitrogens is 1. The Bertz CT molecular complexity index is 1090. The molecule has 0 radical (unpaired) electrons. The summed E-state index contributed by atoms with van der Waals surface area (Å²) in [6.07, 6.45) is -5.44. The molecular weight excluding hydrogens is 505 g/mol. The van der Waals surface area contributed by atoms with Crippen LogP contribution in [0.1, 0.15) is 65.5 Å². The molecule has 38 heavy (non-hydrogen) atoms. The van der Waals surface area contributed by atoms with Crippen LogP contribution in [0.15, 0.2) is 27.9 Å². The van der Waals surface area contributed by atoms with Crippen molar-refractivity contribution in [2.24, 2.45) is 17.3 Å². The molecular formula is C27H37F3N2O6. The number of nitrogens with one attached hydrogen (secondary N) is 1. The van der Waals surface area contributed by atoms with E-state index in [-0.39, 0.29) is 12.8 Å². The van der Waals surface area contributed by atoms with Crippen LogP contribution < -0.4 is 5.32 Å². The number of oxazole rings is 1. The lowest BCUT2D eigenvalue weighted by molar-refractivity contribution is -0.154. The summed E-state index contributed by atoms with van der Waals surface area (Å²) in [5.41, 5.74) is -1.30. The van der Waals surface area contributed by atoms with Gasteiger partial charge in [-0.3, -0.25) is 9.59 Å². The van der Waals surface area contributed by atoms with Crippen LogP contribution in [0.5, 0.6) is 0 Å². The van der Waals surface area contributed by atoms with Crippen molar-refractivity contribution in [1.82, 2.24) is 10.3 Å². The highest BCUT2D eigenvalue weighted by molar-refractivity contribution is 5.88. The highest BCUT2D eigenvalue weighted by Gasteiger charge is 2.49. The van der Waals surface area contributed by atoms with Gasteiger partial charge in [0, 0.05) is 36.9 Å². The lowest BCUT2D eigenvalue weighted by Gasteiger charge is -2.34. The maximum absolute atomic E-state index is 13.9. The minimum atomic E-state index is -4.61. The van der Waals surface area contributed by atoms with Gasteiger partial charge in [-0.2, -0.15) is 13.2 Å². The predicted octanol–water partition coefficient (Wildman–Crippen LogP) is 3.90. The molecule has 3 N–H and O–H groups in total. The average Bonchev–Trinajstić information content (AvgIpc) is 3.48. The van der Waals surface area contributed by atoms with E-state index < -0.39 is 77.6 Å². The number of cyclic esters (lactones) is 1. The number of ether oxygens (including phenoxy) is 1. The second kappa shape index (κ2) is 11.3. The van der Waals surface area contributed by atoms with Crippen molar-refractivity contribution in [3.63, 3.8) is 0 Å². The number of ketones is 1. The minimum Gasteiger partial charge on any atom is -0.457 e. The van der Waals surface area contributed by atoms with E-state index in [0.717, 1.165) is 6.08 Å². The van der Waals surface area contributed by atoms with Crippen LogP contribution in [0.3, 0.4) is 0 Å². The number of Topliss-reactive ketones (excluding diaryl/α,β-unsaturated/α-hetero) is 1. The third-order valence-corrected chi connectivity index (χ3v) is 7.77. The lowest BCUT2D eigenvalue weighted by atomic mass is 9.73. The first-order valence-corrected chi connectivity index (χ1v) is 12.7. The summed E-state index contributed by atoms with van der Waals surface area (Å²) in [6, 6.07) is -0.935. The molecule has 1 fully saturated rings. The van der Waals surface area contributed by atoms with Crippen molar-refractivity contribution < 1.29 is 42.1 Å². The van der Waals surface area contributed by atoms with E-state index in [4.69, 9.17) is 9.15 Å². The number of fused-ring (bicyclic) bond motifs is 1. The first kappa shape index (κ1) is 30.0. The molecule has 1 aromatic rings. The molecule has 212 valence electrons. The first-order chi connectivity index (χ1) is 17.5. The van der Waals surface area contributed by atoms with Crippen molar-refractivity contribution in [2.75, 3.05) is 0 Å². The number of aliphatic hydroxyl groups excluding tert-OH is 2. The van der Waals surface area contributed by atoms with E-state index in [2.05, 4.69) is 10.3 Å². The number of carbonyl (C=O) groups is 2. The standard InChI is InChI=1S/C27H37F3N2O6/c1-13(9-18-12-37-16(4)31-18)20-8-7-17(27(28,29)30)10-19-23(32-19)14(2)24(35)15(3)25(36)26(5,6)21(33)11-22(34)38-20/h7,9,12,14-15,19-21,23-24,32-33,35H,8,10-11H2,1-6H3/b13-9?,17-7+/t14-,15-,19?,20-,21+,23?,24+/m1/s1. The second-order valence-electron chi connectivity index (χ2n) is 11.1. The molecule has 3 heterocycles. The van der Waals surface area contributed by atoms with Gasteiger partial charge < -0.3 is 24.7 Å². The van der Waals surface area contributed by atoms with Gasteiger partial charge >= 0.3 is 12.1 Å². The van der Waals surface area contributed by atoms with Crippen molar-refractivity contribution in [3.05, 3.63) is 35.1 Å². The SMILES string of the molecule is CC(=Cc1coc(C)n1)[C@H]1C/C=C(/C(F)(F)F)CC2NC2[C@@H](C)[C@H](O)[C@@H](C)C(=O)C(C)(C)[C@@H](O)CC(=O)O1. The van der Waals surface area contributed by atoms with Crippen molar-refractivity contribution in [2.45, 2.75) is 97.4 Å². The van der Waals surface area contributed by atoms with Crippen LogP contribution in [0.4, 0.5) is 13.2 Å².